The summed E-state index contributed by atoms with van der Waals surface area (Å²) in [7, 11) is 5.51. The van der Waals surface area contributed by atoms with Crippen molar-refractivity contribution in [2.24, 2.45) is 0 Å². The molecule has 1 N–H and O–H groups in total. The average molecular weight is 431 g/mol. The van der Waals surface area contributed by atoms with Crippen molar-refractivity contribution in [3.63, 3.8) is 0 Å². The molecule has 0 unspecified atom stereocenters. The van der Waals surface area contributed by atoms with E-state index in [1.165, 1.54) is 0 Å². The third-order valence-electron chi connectivity index (χ3n) is 5.27. The second-order valence-corrected chi connectivity index (χ2v) is 7.58. The first kappa shape index (κ1) is 21.2. The van der Waals surface area contributed by atoms with Crippen LogP contribution < -0.4 is 20.5 Å². The lowest BCUT2D eigenvalue weighted by molar-refractivity contribution is 0.0952. The summed E-state index contributed by atoms with van der Waals surface area (Å²) in [5.41, 5.74) is 3.52. The van der Waals surface area contributed by atoms with Gasteiger partial charge in [0.15, 0.2) is 0 Å². The summed E-state index contributed by atoms with van der Waals surface area (Å²) in [6.07, 6.45) is 3.42. The van der Waals surface area contributed by atoms with E-state index in [0.717, 1.165) is 17.0 Å². The van der Waals surface area contributed by atoms with Gasteiger partial charge in [-0.3, -0.25) is 9.59 Å². The second kappa shape index (κ2) is 8.97. The molecule has 0 aliphatic carbocycles. The Morgan fingerprint density at radius 3 is 2.44 bits per heavy atom. The van der Waals surface area contributed by atoms with Gasteiger partial charge >= 0.3 is 0 Å². The van der Waals surface area contributed by atoms with Crippen molar-refractivity contribution in [3.05, 3.63) is 82.9 Å². The molecule has 164 valence electrons. The Kier molecular flexibility index (Phi) is 5.93. The van der Waals surface area contributed by atoms with Gasteiger partial charge in [-0.2, -0.15) is 5.10 Å². The van der Waals surface area contributed by atoms with E-state index < -0.39 is 0 Å². The molecule has 4 aromatic rings. The molecule has 0 radical (unpaired) electrons. The Balaban J connectivity index is 1.44. The number of methoxy groups -OCH3 is 1. The van der Waals surface area contributed by atoms with Crippen molar-refractivity contribution in [1.82, 2.24) is 19.5 Å². The van der Waals surface area contributed by atoms with E-state index in [9.17, 15) is 9.59 Å². The number of hydrogen-bond acceptors (Lipinski definition) is 5. The van der Waals surface area contributed by atoms with E-state index in [4.69, 9.17) is 4.74 Å². The quantitative estimate of drug-likeness (QED) is 0.487. The van der Waals surface area contributed by atoms with E-state index in [1.54, 1.807) is 46.8 Å². The Hall–Kier alpha value is -4.07. The minimum atomic E-state index is -0.171. The second-order valence-electron chi connectivity index (χ2n) is 7.58. The molecule has 0 atom stereocenters. The molecule has 32 heavy (non-hydrogen) atoms. The van der Waals surface area contributed by atoms with Gasteiger partial charge in [-0.05, 0) is 54.6 Å². The SMILES string of the molecule is COc1ccc(-c2cc3c(=O)n(CCNC(=O)c4ccc(N(C)C)cc4)ccn3n2)cc1. The monoisotopic (exact) mass is 431 g/mol. The minimum absolute atomic E-state index is 0.163. The summed E-state index contributed by atoms with van der Waals surface area (Å²) in [6, 6.07) is 16.7. The molecule has 0 aliphatic rings. The fraction of sp³-hybridized carbons (Fsp3) is 0.208. The molecule has 2 heterocycles. The zero-order valence-electron chi connectivity index (χ0n) is 18.3. The number of hydrogen-bond donors (Lipinski definition) is 1. The van der Waals surface area contributed by atoms with Crippen LogP contribution in [0.25, 0.3) is 16.8 Å². The number of fused-ring (bicyclic) bond motifs is 1. The van der Waals surface area contributed by atoms with Crippen LogP contribution in [0.2, 0.25) is 0 Å². The number of carbonyl (C=O) groups excluding carboxylic acids is 1. The zero-order valence-corrected chi connectivity index (χ0v) is 18.3. The Bertz CT molecular complexity index is 1290. The third kappa shape index (κ3) is 4.34. The Labute approximate surface area is 185 Å². The van der Waals surface area contributed by atoms with Gasteiger partial charge in [-0.25, -0.2) is 4.52 Å². The van der Waals surface area contributed by atoms with Crippen molar-refractivity contribution < 1.29 is 9.53 Å². The van der Waals surface area contributed by atoms with E-state index in [0.29, 0.717) is 29.9 Å². The highest BCUT2D eigenvalue weighted by Crippen LogP contribution is 2.21. The smallest absolute Gasteiger partial charge is 0.276 e. The third-order valence-corrected chi connectivity index (χ3v) is 5.27. The number of nitrogens with one attached hydrogen (secondary N) is 1. The first-order valence-electron chi connectivity index (χ1n) is 10.2. The predicted octanol–water partition coefficient (Wildman–Crippen LogP) is 2.67. The summed E-state index contributed by atoms with van der Waals surface area (Å²) in [6.45, 7) is 0.698. The average Bonchev–Trinajstić information content (AvgIpc) is 3.26. The van der Waals surface area contributed by atoms with Gasteiger partial charge in [-0.15, -0.1) is 0 Å². The van der Waals surface area contributed by atoms with Crippen LogP contribution in [0.15, 0.2) is 71.8 Å². The highest BCUT2D eigenvalue weighted by molar-refractivity contribution is 5.94. The van der Waals surface area contributed by atoms with Gasteiger partial charge < -0.3 is 19.5 Å². The highest BCUT2D eigenvalue weighted by Gasteiger charge is 2.10. The maximum atomic E-state index is 12.9. The summed E-state index contributed by atoms with van der Waals surface area (Å²) in [4.78, 5) is 27.2. The van der Waals surface area contributed by atoms with Crippen molar-refractivity contribution in [1.29, 1.82) is 0 Å². The van der Waals surface area contributed by atoms with Gasteiger partial charge in [0.2, 0.25) is 0 Å². The van der Waals surface area contributed by atoms with Crippen molar-refractivity contribution in [2.45, 2.75) is 6.54 Å². The lowest BCUT2D eigenvalue weighted by Gasteiger charge is -2.12. The van der Waals surface area contributed by atoms with Gasteiger partial charge in [0.05, 0.1) is 12.8 Å². The molecular formula is C24H25N5O3. The van der Waals surface area contributed by atoms with E-state index >= 15 is 0 Å². The maximum absolute atomic E-state index is 12.9. The molecule has 0 saturated heterocycles. The van der Waals surface area contributed by atoms with Crippen LogP contribution in [-0.4, -0.2) is 47.8 Å². The number of rotatable bonds is 7. The molecule has 4 rings (SSSR count). The molecule has 8 heteroatoms. The van der Waals surface area contributed by atoms with Gasteiger partial charge in [0.25, 0.3) is 11.5 Å². The standard InChI is InChI=1S/C24H25N5O3/c1-27(2)19-8-4-18(5-9-19)23(30)25-12-13-28-14-15-29-22(24(28)31)16-21(26-29)17-6-10-20(32-3)11-7-17/h4-11,14-16H,12-13H2,1-3H3,(H,25,30). The lowest BCUT2D eigenvalue weighted by atomic mass is 10.1. The number of ether oxygens (including phenoxy) is 1. The molecule has 1 amide bonds. The summed E-state index contributed by atoms with van der Waals surface area (Å²) in [5.74, 6) is 0.589. The minimum Gasteiger partial charge on any atom is -0.497 e. The molecule has 0 saturated carbocycles. The van der Waals surface area contributed by atoms with Gasteiger partial charge in [0, 0.05) is 56.4 Å². The fourth-order valence-corrected chi connectivity index (χ4v) is 3.41. The Morgan fingerprint density at radius 2 is 1.78 bits per heavy atom. The summed E-state index contributed by atoms with van der Waals surface area (Å²) < 4.78 is 8.33. The van der Waals surface area contributed by atoms with Crippen molar-refractivity contribution >= 4 is 17.1 Å². The molecule has 8 nitrogen and oxygen atoms in total. The van der Waals surface area contributed by atoms with Crippen LogP contribution in [-0.2, 0) is 6.54 Å². The van der Waals surface area contributed by atoms with Crippen LogP contribution in [0, 0.1) is 0 Å². The lowest BCUT2D eigenvalue weighted by Crippen LogP contribution is -2.31. The first-order chi connectivity index (χ1) is 15.5. The van der Waals surface area contributed by atoms with Gasteiger partial charge in [-0.1, -0.05) is 0 Å². The first-order valence-corrected chi connectivity index (χ1v) is 10.2. The zero-order chi connectivity index (χ0) is 22.7. The van der Waals surface area contributed by atoms with Crippen molar-refractivity contribution in [2.75, 3.05) is 32.6 Å². The largest absolute Gasteiger partial charge is 0.497 e. The number of anilines is 1. The van der Waals surface area contributed by atoms with Crippen LogP contribution in [0.1, 0.15) is 10.4 Å². The maximum Gasteiger partial charge on any atom is 0.276 e. The van der Waals surface area contributed by atoms with Crippen LogP contribution >= 0.6 is 0 Å². The number of nitrogens with zero attached hydrogens (tertiary/aromatic N) is 4. The van der Waals surface area contributed by atoms with Crippen LogP contribution in [0.4, 0.5) is 5.69 Å². The number of carbonyl (C=O) groups is 1. The fourth-order valence-electron chi connectivity index (χ4n) is 3.41. The van der Waals surface area contributed by atoms with Crippen molar-refractivity contribution in [3.8, 4) is 17.0 Å². The molecular weight excluding hydrogens is 406 g/mol. The molecule has 0 bridgehead atoms. The normalized spacial score (nSPS) is 10.8. The summed E-state index contributed by atoms with van der Waals surface area (Å²) in [5, 5.41) is 7.36. The van der Waals surface area contributed by atoms with E-state index in [2.05, 4.69) is 10.4 Å². The number of benzene rings is 2. The number of amides is 1. The predicted molar refractivity (Wildman–Crippen MR) is 125 cm³/mol. The molecule has 2 aromatic heterocycles. The molecule has 0 aliphatic heterocycles. The van der Waals surface area contributed by atoms with Crippen LogP contribution in [0.3, 0.4) is 0 Å². The molecule has 0 fully saturated rings. The molecule has 0 spiro atoms. The van der Waals surface area contributed by atoms with E-state index in [1.807, 2.05) is 55.4 Å². The van der Waals surface area contributed by atoms with Gasteiger partial charge in [0.1, 0.15) is 11.3 Å². The Morgan fingerprint density at radius 1 is 1.06 bits per heavy atom. The topological polar surface area (TPSA) is 80.9 Å². The van der Waals surface area contributed by atoms with Crippen LogP contribution in [0.5, 0.6) is 5.75 Å². The molecule has 2 aromatic carbocycles. The summed E-state index contributed by atoms with van der Waals surface area (Å²) >= 11 is 0. The van der Waals surface area contributed by atoms with E-state index in [-0.39, 0.29) is 11.5 Å². The number of aromatic nitrogens is 3. The highest BCUT2D eigenvalue weighted by atomic mass is 16.5.